The van der Waals surface area contributed by atoms with Crippen molar-refractivity contribution >= 4 is 10.8 Å². The lowest BCUT2D eigenvalue weighted by Crippen LogP contribution is -2.22. The molecule has 3 heteroatoms. The fourth-order valence-electron chi connectivity index (χ4n) is 5.88. The highest BCUT2D eigenvalue weighted by Gasteiger charge is 2.41. The first-order valence-electron chi connectivity index (χ1n) is 13.6. The molecule has 0 fully saturated rings. The number of benzene rings is 5. The van der Waals surface area contributed by atoms with Crippen LogP contribution in [0.2, 0.25) is 0 Å². The molecule has 2 unspecified atom stereocenters. The minimum absolute atomic E-state index is 0.0323. The summed E-state index contributed by atoms with van der Waals surface area (Å²) < 4.78 is 43.9. The van der Waals surface area contributed by atoms with Crippen LogP contribution in [0.4, 0.5) is 13.2 Å². The van der Waals surface area contributed by atoms with E-state index < -0.39 is 12.1 Å². The Hall–Kier alpha value is -3.85. The zero-order valence-electron chi connectivity index (χ0n) is 22.1. The third kappa shape index (κ3) is 6.42. The van der Waals surface area contributed by atoms with Gasteiger partial charge in [0.2, 0.25) is 0 Å². The Morgan fingerprint density at radius 1 is 0.590 bits per heavy atom. The molecule has 5 rings (SSSR count). The van der Waals surface area contributed by atoms with Gasteiger partial charge in [0.1, 0.15) is 0 Å². The molecule has 5 aromatic carbocycles. The van der Waals surface area contributed by atoms with E-state index in [1.54, 1.807) is 12.1 Å². The molecule has 0 heterocycles. The van der Waals surface area contributed by atoms with Gasteiger partial charge >= 0.3 is 6.18 Å². The Kier molecular flexibility index (Phi) is 8.16. The summed E-state index contributed by atoms with van der Waals surface area (Å²) in [5.41, 5.74) is 4.96. The average Bonchev–Trinajstić information content (AvgIpc) is 2.95. The number of fused-ring (bicyclic) bond motifs is 1. The Balaban J connectivity index is 1.51. The van der Waals surface area contributed by atoms with E-state index in [0.717, 1.165) is 22.9 Å². The van der Waals surface area contributed by atoms with Crippen molar-refractivity contribution in [1.82, 2.24) is 0 Å². The molecule has 0 amide bonds. The van der Waals surface area contributed by atoms with Gasteiger partial charge in [0.05, 0.1) is 5.92 Å². The molecule has 0 aliphatic rings. The molecule has 0 aliphatic heterocycles. The molecule has 5 aromatic rings. The summed E-state index contributed by atoms with van der Waals surface area (Å²) in [6, 6.07) is 41.6. The van der Waals surface area contributed by atoms with E-state index in [9.17, 15) is 13.2 Å². The number of aryl methyl sites for hydroxylation is 1. The van der Waals surface area contributed by atoms with Crippen molar-refractivity contribution in [2.75, 3.05) is 0 Å². The maximum absolute atomic E-state index is 14.6. The Labute approximate surface area is 229 Å². The van der Waals surface area contributed by atoms with E-state index in [1.165, 1.54) is 11.1 Å². The fraction of sp³-hybridized carbons (Fsp3) is 0.222. The monoisotopic (exact) mass is 522 g/mol. The molecule has 0 nitrogen and oxygen atoms in total. The molecule has 0 bridgehead atoms. The lowest BCUT2D eigenvalue weighted by Gasteiger charge is -2.28. The van der Waals surface area contributed by atoms with Crippen LogP contribution in [0, 0.1) is 6.92 Å². The van der Waals surface area contributed by atoms with Crippen LogP contribution in [-0.4, -0.2) is 6.18 Å². The van der Waals surface area contributed by atoms with Crippen molar-refractivity contribution in [3.63, 3.8) is 0 Å². The second kappa shape index (κ2) is 11.9. The molecule has 39 heavy (non-hydrogen) atoms. The third-order valence-electron chi connectivity index (χ3n) is 7.84. The summed E-state index contributed by atoms with van der Waals surface area (Å²) in [5, 5.41) is 1.52. The first-order chi connectivity index (χ1) is 18.9. The smallest absolute Gasteiger partial charge is 0.170 e. The molecule has 0 spiro atoms. The van der Waals surface area contributed by atoms with Crippen LogP contribution in [0.3, 0.4) is 0 Å². The average molecular weight is 523 g/mol. The van der Waals surface area contributed by atoms with E-state index in [2.05, 4.69) is 36.4 Å². The lowest BCUT2D eigenvalue weighted by atomic mass is 9.77. The zero-order chi connectivity index (χ0) is 27.2. The zero-order valence-corrected chi connectivity index (χ0v) is 22.1. The lowest BCUT2D eigenvalue weighted by molar-refractivity contribution is -0.152. The van der Waals surface area contributed by atoms with E-state index >= 15 is 0 Å². The van der Waals surface area contributed by atoms with Crippen molar-refractivity contribution in [1.29, 1.82) is 0 Å². The van der Waals surface area contributed by atoms with Crippen LogP contribution < -0.4 is 0 Å². The third-order valence-corrected chi connectivity index (χ3v) is 7.84. The summed E-state index contributed by atoms with van der Waals surface area (Å²) in [6.07, 6.45) is -3.13. The largest absolute Gasteiger partial charge is 0.395 e. The summed E-state index contributed by atoms with van der Waals surface area (Å²) in [4.78, 5) is 0. The van der Waals surface area contributed by atoms with Crippen molar-refractivity contribution in [2.24, 2.45) is 0 Å². The predicted octanol–water partition coefficient (Wildman–Crippen LogP) is 10.6. The summed E-state index contributed by atoms with van der Waals surface area (Å²) in [5.74, 6) is -1.47. The minimum atomic E-state index is -4.33. The molecule has 0 saturated heterocycles. The topological polar surface area (TPSA) is 0 Å². The van der Waals surface area contributed by atoms with Gasteiger partial charge in [0.15, 0.2) is 0 Å². The van der Waals surface area contributed by atoms with Gasteiger partial charge in [0.25, 0.3) is 0 Å². The van der Waals surface area contributed by atoms with Crippen molar-refractivity contribution in [3.8, 4) is 0 Å². The predicted molar refractivity (Wildman–Crippen MR) is 155 cm³/mol. The minimum Gasteiger partial charge on any atom is -0.170 e. The first-order valence-corrected chi connectivity index (χ1v) is 13.6. The standard InChI is InChI=1S/C36H33F3/c1-26-12-10-19-30(24-26)31(25-34(28-13-4-2-5-14-28)29-15-6-3-7-16-29)22-23-35(36(37,38)39)33-21-11-18-27-17-8-9-20-32(27)33/h2-21,24,31,34-35H,22-23,25H2,1H3. The van der Waals surface area contributed by atoms with Crippen LogP contribution in [0.15, 0.2) is 127 Å². The van der Waals surface area contributed by atoms with E-state index in [-0.39, 0.29) is 18.3 Å². The molecule has 198 valence electrons. The molecule has 2 atom stereocenters. The summed E-state index contributed by atoms with van der Waals surface area (Å²) >= 11 is 0. The number of rotatable bonds is 9. The molecule has 0 N–H and O–H groups in total. The second-order valence-corrected chi connectivity index (χ2v) is 10.5. The van der Waals surface area contributed by atoms with Crippen LogP contribution in [0.5, 0.6) is 0 Å². The molecule has 0 aliphatic carbocycles. The van der Waals surface area contributed by atoms with Crippen LogP contribution in [-0.2, 0) is 0 Å². The van der Waals surface area contributed by atoms with Gasteiger partial charge in [-0.15, -0.1) is 0 Å². The maximum Gasteiger partial charge on any atom is 0.395 e. The fourth-order valence-corrected chi connectivity index (χ4v) is 5.88. The van der Waals surface area contributed by atoms with Gasteiger partial charge in [-0.2, -0.15) is 13.2 Å². The Morgan fingerprint density at radius 2 is 1.15 bits per heavy atom. The van der Waals surface area contributed by atoms with Crippen LogP contribution >= 0.6 is 0 Å². The summed E-state index contributed by atoms with van der Waals surface area (Å²) in [7, 11) is 0. The highest BCUT2D eigenvalue weighted by Crippen LogP contribution is 2.45. The molecule has 0 saturated carbocycles. The van der Waals surface area contributed by atoms with Crippen molar-refractivity contribution < 1.29 is 13.2 Å². The van der Waals surface area contributed by atoms with E-state index in [0.29, 0.717) is 17.4 Å². The van der Waals surface area contributed by atoms with Crippen molar-refractivity contribution in [2.45, 2.75) is 50.1 Å². The molecule has 0 radical (unpaired) electrons. The maximum atomic E-state index is 14.6. The van der Waals surface area contributed by atoms with Gasteiger partial charge in [-0.1, -0.05) is 133 Å². The second-order valence-electron chi connectivity index (χ2n) is 10.5. The van der Waals surface area contributed by atoms with Gasteiger partial charge in [-0.05, 0) is 65.1 Å². The van der Waals surface area contributed by atoms with Gasteiger partial charge < -0.3 is 0 Å². The highest BCUT2D eigenvalue weighted by molar-refractivity contribution is 5.86. The SMILES string of the molecule is Cc1cccc(C(CCC(c2cccc3ccccc23)C(F)(F)F)CC(c2ccccc2)c2ccccc2)c1. The van der Waals surface area contributed by atoms with Gasteiger partial charge in [0, 0.05) is 5.92 Å². The summed E-state index contributed by atoms with van der Waals surface area (Å²) in [6.45, 7) is 2.04. The van der Waals surface area contributed by atoms with Gasteiger partial charge in [-0.3, -0.25) is 0 Å². The van der Waals surface area contributed by atoms with E-state index in [1.807, 2.05) is 85.8 Å². The Morgan fingerprint density at radius 3 is 1.79 bits per heavy atom. The number of hydrogen-bond donors (Lipinski definition) is 0. The molecular weight excluding hydrogens is 489 g/mol. The molecule has 0 aromatic heterocycles. The van der Waals surface area contributed by atoms with Crippen LogP contribution in [0.1, 0.15) is 64.8 Å². The molecular formula is C36H33F3. The highest BCUT2D eigenvalue weighted by atomic mass is 19.4. The van der Waals surface area contributed by atoms with Crippen LogP contribution in [0.25, 0.3) is 10.8 Å². The normalized spacial score (nSPS) is 13.5. The number of halogens is 3. The Bertz CT molecular complexity index is 1440. The van der Waals surface area contributed by atoms with E-state index in [4.69, 9.17) is 0 Å². The number of alkyl halides is 3. The number of hydrogen-bond acceptors (Lipinski definition) is 0. The van der Waals surface area contributed by atoms with Gasteiger partial charge in [-0.25, -0.2) is 0 Å². The quantitative estimate of drug-likeness (QED) is 0.181. The first kappa shape index (κ1) is 26.7. The van der Waals surface area contributed by atoms with Crippen molar-refractivity contribution in [3.05, 3.63) is 155 Å².